The van der Waals surface area contributed by atoms with E-state index in [0.29, 0.717) is 11.8 Å². The van der Waals surface area contributed by atoms with Crippen LogP contribution in [0.3, 0.4) is 0 Å². The molecule has 8 rings (SSSR count). The average Bonchev–Trinajstić information content (AvgIpc) is 3.45. The maximum atomic E-state index is 14.0. The van der Waals surface area contributed by atoms with Crippen LogP contribution in [0.15, 0.2) is 65.8 Å². The van der Waals surface area contributed by atoms with E-state index in [1.807, 2.05) is 0 Å². The highest BCUT2D eigenvalue weighted by molar-refractivity contribution is 5.83. The fourth-order valence-electron chi connectivity index (χ4n) is 10.0. The number of likely N-dealkylation sites (N-methyl/N-ethyl adjacent to an activating group) is 1. The third-order valence-corrected chi connectivity index (χ3v) is 12.2. The van der Waals surface area contributed by atoms with Gasteiger partial charge in [-0.3, -0.25) is 4.90 Å². The van der Waals surface area contributed by atoms with Crippen molar-refractivity contribution in [3.8, 4) is 0 Å². The van der Waals surface area contributed by atoms with Crippen molar-refractivity contribution in [1.29, 1.82) is 0 Å². The van der Waals surface area contributed by atoms with Gasteiger partial charge in [0, 0.05) is 25.9 Å². The van der Waals surface area contributed by atoms with Crippen molar-refractivity contribution < 1.29 is 9.38 Å². The Kier molecular flexibility index (Phi) is 5.05. The van der Waals surface area contributed by atoms with Crippen molar-refractivity contribution in [2.45, 2.75) is 81.5 Å². The molecule has 4 heteroatoms. The van der Waals surface area contributed by atoms with Gasteiger partial charge in [0.1, 0.15) is 0 Å². The number of ether oxygens (including phenoxy) is 1. The molecule has 2 aromatic rings. The molecular formula is C34H42N2O2. The predicted molar refractivity (Wildman–Crippen MR) is 153 cm³/mol. The molecule has 2 bridgehead atoms. The minimum Gasteiger partial charge on any atom is -0.633 e. The van der Waals surface area contributed by atoms with Gasteiger partial charge in [0.25, 0.3) is 0 Å². The van der Waals surface area contributed by atoms with Crippen molar-refractivity contribution in [3.63, 3.8) is 0 Å². The number of nitrogens with zero attached hydrogens (tertiary/aromatic N) is 2. The molecule has 4 fully saturated rings. The molecule has 4 nitrogen and oxygen atoms in total. The molecule has 200 valence electrons. The van der Waals surface area contributed by atoms with Crippen LogP contribution < -0.4 is 0 Å². The van der Waals surface area contributed by atoms with E-state index in [-0.39, 0.29) is 27.3 Å². The molecule has 2 aromatic carbocycles. The van der Waals surface area contributed by atoms with Gasteiger partial charge in [-0.2, -0.15) is 0 Å². The van der Waals surface area contributed by atoms with E-state index in [4.69, 9.17) is 4.74 Å². The van der Waals surface area contributed by atoms with Crippen LogP contribution in [-0.2, 0) is 4.74 Å². The molecule has 2 spiro atoms. The molecule has 2 saturated carbocycles. The Morgan fingerprint density at radius 3 is 2.66 bits per heavy atom. The summed E-state index contributed by atoms with van der Waals surface area (Å²) in [4.78, 5) is 2.31. The van der Waals surface area contributed by atoms with E-state index < -0.39 is 0 Å². The van der Waals surface area contributed by atoms with E-state index in [1.54, 1.807) is 0 Å². The molecular weight excluding hydrogens is 468 g/mol. The lowest BCUT2D eigenvalue weighted by Gasteiger charge is -2.58. The largest absolute Gasteiger partial charge is 0.633 e. The Morgan fingerprint density at radius 1 is 1.00 bits per heavy atom. The van der Waals surface area contributed by atoms with E-state index in [2.05, 4.69) is 73.5 Å². The monoisotopic (exact) mass is 510 g/mol. The van der Waals surface area contributed by atoms with Gasteiger partial charge in [-0.05, 0) is 90.3 Å². The third-order valence-electron chi connectivity index (χ3n) is 12.2. The number of rotatable bonds is 2. The summed E-state index contributed by atoms with van der Waals surface area (Å²) >= 11 is 0. The molecule has 6 atom stereocenters. The van der Waals surface area contributed by atoms with Crippen molar-refractivity contribution in [3.05, 3.63) is 76.5 Å². The van der Waals surface area contributed by atoms with Crippen LogP contribution in [0.2, 0.25) is 0 Å². The molecule has 38 heavy (non-hydrogen) atoms. The first kappa shape index (κ1) is 23.9. The normalized spacial score (nSPS) is 41.7. The number of hydrogen-bond donors (Lipinski definition) is 0. The number of benzene rings is 2. The van der Waals surface area contributed by atoms with Crippen LogP contribution in [-0.4, -0.2) is 60.0 Å². The Hall–Kier alpha value is -1.98. The molecule has 6 aliphatic rings. The summed E-state index contributed by atoms with van der Waals surface area (Å²) in [6.45, 7) is 5.88. The molecule has 2 saturated heterocycles. The van der Waals surface area contributed by atoms with Crippen LogP contribution in [0.1, 0.15) is 69.8 Å². The fourth-order valence-corrected chi connectivity index (χ4v) is 10.0. The van der Waals surface area contributed by atoms with E-state index in [0.717, 1.165) is 64.7 Å². The number of quaternary nitrogens is 1. The summed E-state index contributed by atoms with van der Waals surface area (Å²) in [5, 5.41) is 16.7. The standard InChI is InChI=1S/C34H42N2O2/c1-32-14-13-28-22-27-9-10-29(36(37)19-17-35(2)18-20-36)23-33(27)15-16-34(28,38-33)31(32)12-11-30(32)26-8-7-24-5-3-4-6-25(24)21-26/h3-8,13,21-22,29-31H,9-12,14-20,23H2,1-2H3/t29-,30-,31-,32-,33-,34?/m1/s1. The van der Waals surface area contributed by atoms with Gasteiger partial charge in [-0.25, -0.2) is 0 Å². The van der Waals surface area contributed by atoms with Crippen molar-refractivity contribution in [2.75, 3.05) is 33.2 Å². The molecule has 0 aromatic heterocycles. The zero-order chi connectivity index (χ0) is 25.8. The molecule has 3 aliphatic carbocycles. The van der Waals surface area contributed by atoms with Gasteiger partial charge < -0.3 is 14.6 Å². The highest BCUT2D eigenvalue weighted by Gasteiger charge is 2.67. The summed E-state index contributed by atoms with van der Waals surface area (Å²) in [5.41, 5.74) is 4.35. The van der Waals surface area contributed by atoms with Crippen molar-refractivity contribution in [1.82, 2.24) is 4.90 Å². The second kappa shape index (κ2) is 8.04. The number of fused-ring (bicyclic) bond motifs is 2. The fraction of sp³-hybridized carbons (Fsp3) is 0.588. The van der Waals surface area contributed by atoms with Crippen LogP contribution >= 0.6 is 0 Å². The summed E-state index contributed by atoms with van der Waals surface area (Å²) < 4.78 is 7.51. The molecule has 0 N–H and O–H groups in total. The van der Waals surface area contributed by atoms with Crippen molar-refractivity contribution in [2.24, 2.45) is 11.3 Å². The minimum absolute atomic E-state index is 0.00358. The van der Waals surface area contributed by atoms with Crippen LogP contribution in [0.4, 0.5) is 0 Å². The maximum Gasteiger partial charge on any atom is 0.0975 e. The van der Waals surface area contributed by atoms with Gasteiger partial charge >= 0.3 is 0 Å². The minimum atomic E-state index is -0.196. The Bertz CT molecular complexity index is 1360. The Labute approximate surface area is 227 Å². The molecule has 3 heterocycles. The highest BCUT2D eigenvalue weighted by atomic mass is 16.6. The van der Waals surface area contributed by atoms with Crippen molar-refractivity contribution >= 4 is 10.8 Å². The zero-order valence-electron chi connectivity index (χ0n) is 23.1. The van der Waals surface area contributed by atoms with Gasteiger partial charge in [0.05, 0.1) is 30.3 Å². The summed E-state index contributed by atoms with van der Waals surface area (Å²) in [5.74, 6) is 1.11. The smallest absolute Gasteiger partial charge is 0.0975 e. The quantitative estimate of drug-likeness (QED) is 0.333. The Morgan fingerprint density at radius 2 is 1.82 bits per heavy atom. The first-order chi connectivity index (χ1) is 18.3. The van der Waals surface area contributed by atoms with Gasteiger partial charge in [-0.1, -0.05) is 61.5 Å². The maximum absolute atomic E-state index is 14.0. The first-order valence-corrected chi connectivity index (χ1v) is 15.2. The lowest BCUT2D eigenvalue weighted by atomic mass is 9.58. The Balaban J connectivity index is 1.12. The summed E-state index contributed by atoms with van der Waals surface area (Å²) in [6.07, 6.45) is 14.0. The summed E-state index contributed by atoms with van der Waals surface area (Å²) in [7, 11) is 2.15. The van der Waals surface area contributed by atoms with Crippen LogP contribution in [0.5, 0.6) is 0 Å². The third kappa shape index (κ3) is 3.18. The predicted octanol–water partition coefficient (Wildman–Crippen LogP) is 6.71. The van der Waals surface area contributed by atoms with Gasteiger partial charge in [0.2, 0.25) is 0 Å². The number of piperazine rings is 1. The number of hydroxylamine groups is 3. The second-order valence-electron chi connectivity index (χ2n) is 13.9. The lowest BCUT2D eigenvalue weighted by molar-refractivity contribution is -0.911. The van der Waals surface area contributed by atoms with Crippen LogP contribution in [0.25, 0.3) is 10.8 Å². The van der Waals surface area contributed by atoms with Crippen LogP contribution in [0, 0.1) is 16.5 Å². The van der Waals surface area contributed by atoms with Gasteiger partial charge in [0.15, 0.2) is 0 Å². The molecule has 1 unspecified atom stereocenters. The SMILES string of the molecule is CN1CC[N+]([O-])([C@@H]2CCC3=CC4=CC[C@]5(C)[C@@H](c6ccc7ccccc7c6)CC[C@H]5C45CC[C@]3(C2)O5)CC1. The topological polar surface area (TPSA) is 35.5 Å². The number of hydrogen-bond acceptors (Lipinski definition) is 3. The van der Waals surface area contributed by atoms with E-state index in [1.165, 1.54) is 40.3 Å². The number of allylic oxidation sites excluding steroid dienone is 1. The lowest BCUT2D eigenvalue weighted by Crippen LogP contribution is -2.63. The molecule has 3 aliphatic heterocycles. The molecule has 0 radical (unpaired) electrons. The zero-order valence-corrected chi connectivity index (χ0v) is 23.1. The van der Waals surface area contributed by atoms with E-state index >= 15 is 0 Å². The van der Waals surface area contributed by atoms with Gasteiger partial charge in [-0.15, -0.1) is 0 Å². The second-order valence-corrected chi connectivity index (χ2v) is 13.9. The highest BCUT2D eigenvalue weighted by Crippen LogP contribution is 2.69. The van der Waals surface area contributed by atoms with E-state index in [9.17, 15) is 5.21 Å². The average molecular weight is 511 g/mol. The first-order valence-electron chi connectivity index (χ1n) is 15.2. The summed E-state index contributed by atoms with van der Waals surface area (Å²) in [6, 6.07) is 16.1. The molecule has 0 amide bonds.